The number of anilines is 1. The molecule has 3 rings (SSSR count). The number of amides is 1. The minimum Gasteiger partial charge on any atom is -0.323 e. The molecule has 2 aromatic rings. The molecule has 1 heterocycles. The molecule has 6 heteroatoms. The number of para-hydroxylation sites is 1. The van der Waals surface area contributed by atoms with Crippen molar-refractivity contribution in [2.45, 2.75) is 31.7 Å². The van der Waals surface area contributed by atoms with E-state index in [2.05, 4.69) is 26.3 Å². The van der Waals surface area contributed by atoms with Crippen LogP contribution in [0, 0.1) is 0 Å². The Bertz CT molecular complexity index is 768. The lowest BCUT2D eigenvalue weighted by molar-refractivity contribution is -0.119. The Labute approximate surface area is 136 Å². The third-order valence-corrected chi connectivity index (χ3v) is 4.41. The molecule has 1 aliphatic rings. The highest BCUT2D eigenvalue weighted by atomic mass is 79.9. The predicted molar refractivity (Wildman–Crippen MR) is 88.0 cm³/mol. The standard InChI is InChI=1S/C16H16BrN3O2/c1-10(16(22)18-14-5-3-2-4-12(14)17)20-15(21)9-8-13(19-20)11-6-7-11/h2-5,8-11H,6-7H2,1H3,(H,18,22)/t10-/m0/s1. The first-order valence-corrected chi connectivity index (χ1v) is 8.00. The summed E-state index contributed by atoms with van der Waals surface area (Å²) in [6, 6.07) is 9.93. The van der Waals surface area contributed by atoms with E-state index in [1.54, 1.807) is 19.1 Å². The highest BCUT2D eigenvalue weighted by Crippen LogP contribution is 2.38. The van der Waals surface area contributed by atoms with Gasteiger partial charge in [-0.05, 0) is 53.9 Å². The smallest absolute Gasteiger partial charge is 0.267 e. The molecule has 1 saturated carbocycles. The van der Waals surface area contributed by atoms with Crippen molar-refractivity contribution in [2.24, 2.45) is 0 Å². The van der Waals surface area contributed by atoms with Crippen LogP contribution in [0.4, 0.5) is 5.69 Å². The predicted octanol–water partition coefficient (Wildman–Crippen LogP) is 3.08. The molecule has 5 nitrogen and oxygen atoms in total. The second kappa shape index (κ2) is 6.04. The van der Waals surface area contributed by atoms with Crippen LogP contribution in [0.5, 0.6) is 0 Å². The number of hydrogen-bond donors (Lipinski definition) is 1. The Morgan fingerprint density at radius 3 is 2.73 bits per heavy atom. The van der Waals surface area contributed by atoms with Crippen LogP contribution in [-0.4, -0.2) is 15.7 Å². The topological polar surface area (TPSA) is 64.0 Å². The zero-order chi connectivity index (χ0) is 15.7. The first-order valence-electron chi connectivity index (χ1n) is 7.21. The molecule has 1 aromatic heterocycles. The number of carbonyl (C=O) groups is 1. The van der Waals surface area contributed by atoms with E-state index in [-0.39, 0.29) is 11.5 Å². The highest BCUT2D eigenvalue weighted by Gasteiger charge is 2.27. The summed E-state index contributed by atoms with van der Waals surface area (Å²) in [4.78, 5) is 24.4. The fraction of sp³-hybridized carbons (Fsp3) is 0.312. The SMILES string of the molecule is C[C@@H](C(=O)Nc1ccccc1Br)n1nc(C2CC2)ccc1=O. The molecule has 0 aliphatic heterocycles. The molecule has 22 heavy (non-hydrogen) atoms. The van der Waals surface area contributed by atoms with Crippen LogP contribution < -0.4 is 10.9 Å². The normalized spacial score (nSPS) is 15.4. The van der Waals surface area contributed by atoms with Crippen molar-refractivity contribution in [2.75, 3.05) is 5.32 Å². The Kier molecular flexibility index (Phi) is 4.11. The lowest BCUT2D eigenvalue weighted by Gasteiger charge is -2.15. The summed E-state index contributed by atoms with van der Waals surface area (Å²) < 4.78 is 2.06. The first kappa shape index (κ1) is 15.0. The number of carbonyl (C=O) groups excluding carboxylic acids is 1. The summed E-state index contributed by atoms with van der Waals surface area (Å²) in [5.41, 5.74) is 1.30. The lowest BCUT2D eigenvalue weighted by atomic mass is 10.2. The summed E-state index contributed by atoms with van der Waals surface area (Å²) in [6.07, 6.45) is 2.20. The van der Waals surface area contributed by atoms with Gasteiger partial charge in [-0.1, -0.05) is 12.1 Å². The molecule has 1 amide bonds. The van der Waals surface area contributed by atoms with Gasteiger partial charge >= 0.3 is 0 Å². The number of nitrogens with one attached hydrogen (secondary N) is 1. The van der Waals surface area contributed by atoms with E-state index in [4.69, 9.17) is 0 Å². The van der Waals surface area contributed by atoms with E-state index >= 15 is 0 Å². The summed E-state index contributed by atoms with van der Waals surface area (Å²) in [7, 11) is 0. The quantitative estimate of drug-likeness (QED) is 0.909. The van der Waals surface area contributed by atoms with Crippen LogP contribution >= 0.6 is 15.9 Å². The van der Waals surface area contributed by atoms with Crippen LogP contribution in [0.3, 0.4) is 0 Å². The van der Waals surface area contributed by atoms with Gasteiger partial charge in [-0.15, -0.1) is 0 Å². The molecule has 1 atom stereocenters. The summed E-state index contributed by atoms with van der Waals surface area (Å²) in [6.45, 7) is 1.68. The van der Waals surface area contributed by atoms with Gasteiger partial charge in [0.25, 0.3) is 5.56 Å². The minimum absolute atomic E-state index is 0.265. The van der Waals surface area contributed by atoms with E-state index in [1.165, 1.54) is 10.7 Å². The van der Waals surface area contributed by atoms with Crippen molar-refractivity contribution in [1.29, 1.82) is 0 Å². The minimum atomic E-state index is -0.668. The van der Waals surface area contributed by atoms with Crippen molar-refractivity contribution in [3.8, 4) is 0 Å². The summed E-state index contributed by atoms with van der Waals surface area (Å²) in [5.74, 6) is 0.167. The maximum absolute atomic E-state index is 12.4. The van der Waals surface area contributed by atoms with Gasteiger partial charge in [-0.3, -0.25) is 9.59 Å². The molecule has 0 unspecified atom stereocenters. The number of halogens is 1. The van der Waals surface area contributed by atoms with E-state index < -0.39 is 6.04 Å². The Morgan fingerprint density at radius 2 is 2.05 bits per heavy atom. The van der Waals surface area contributed by atoms with Gasteiger partial charge in [0.2, 0.25) is 5.91 Å². The van der Waals surface area contributed by atoms with E-state index in [1.807, 2.05) is 18.2 Å². The van der Waals surface area contributed by atoms with Crippen LogP contribution in [0.1, 0.15) is 37.4 Å². The Hall–Kier alpha value is -1.95. The fourth-order valence-corrected chi connectivity index (χ4v) is 2.61. The van der Waals surface area contributed by atoms with Crippen LogP contribution in [-0.2, 0) is 4.79 Å². The zero-order valence-electron chi connectivity index (χ0n) is 12.1. The number of nitrogens with zero attached hydrogens (tertiary/aromatic N) is 2. The molecule has 0 radical (unpaired) electrons. The van der Waals surface area contributed by atoms with Crippen molar-refractivity contribution in [1.82, 2.24) is 9.78 Å². The van der Waals surface area contributed by atoms with Gasteiger partial charge in [0, 0.05) is 16.5 Å². The molecule has 1 aliphatic carbocycles. The Morgan fingerprint density at radius 1 is 1.32 bits per heavy atom. The average molecular weight is 362 g/mol. The molecular weight excluding hydrogens is 346 g/mol. The molecule has 0 saturated heterocycles. The number of rotatable bonds is 4. The summed E-state index contributed by atoms with van der Waals surface area (Å²) in [5, 5.41) is 7.17. The van der Waals surface area contributed by atoms with Gasteiger partial charge in [-0.25, -0.2) is 4.68 Å². The van der Waals surface area contributed by atoms with Crippen molar-refractivity contribution in [3.05, 3.63) is 56.9 Å². The third-order valence-electron chi connectivity index (χ3n) is 3.72. The molecule has 0 spiro atoms. The van der Waals surface area contributed by atoms with Gasteiger partial charge in [0.05, 0.1) is 11.4 Å². The molecule has 1 fully saturated rings. The number of aromatic nitrogens is 2. The maximum Gasteiger partial charge on any atom is 0.267 e. The van der Waals surface area contributed by atoms with Gasteiger partial charge < -0.3 is 5.32 Å². The average Bonchev–Trinajstić information content (AvgIpc) is 3.34. The monoisotopic (exact) mass is 361 g/mol. The van der Waals surface area contributed by atoms with Crippen LogP contribution in [0.2, 0.25) is 0 Å². The van der Waals surface area contributed by atoms with Crippen molar-refractivity contribution >= 4 is 27.5 Å². The molecular formula is C16H16BrN3O2. The van der Waals surface area contributed by atoms with Gasteiger partial charge in [-0.2, -0.15) is 5.10 Å². The van der Waals surface area contributed by atoms with Gasteiger partial charge in [0.1, 0.15) is 6.04 Å². The second-order valence-electron chi connectivity index (χ2n) is 5.46. The molecule has 114 valence electrons. The maximum atomic E-state index is 12.4. The molecule has 1 aromatic carbocycles. The molecule has 1 N–H and O–H groups in total. The molecule has 0 bridgehead atoms. The van der Waals surface area contributed by atoms with Crippen molar-refractivity contribution in [3.63, 3.8) is 0 Å². The Balaban J connectivity index is 1.82. The van der Waals surface area contributed by atoms with Crippen LogP contribution in [0.25, 0.3) is 0 Å². The van der Waals surface area contributed by atoms with Crippen molar-refractivity contribution < 1.29 is 4.79 Å². The number of hydrogen-bond acceptors (Lipinski definition) is 3. The number of benzene rings is 1. The fourth-order valence-electron chi connectivity index (χ4n) is 2.23. The first-order chi connectivity index (χ1) is 10.6. The summed E-state index contributed by atoms with van der Waals surface area (Å²) >= 11 is 3.38. The highest BCUT2D eigenvalue weighted by molar-refractivity contribution is 9.10. The zero-order valence-corrected chi connectivity index (χ0v) is 13.7. The van der Waals surface area contributed by atoms with E-state index in [0.29, 0.717) is 11.6 Å². The van der Waals surface area contributed by atoms with E-state index in [0.717, 1.165) is 23.0 Å². The largest absolute Gasteiger partial charge is 0.323 e. The van der Waals surface area contributed by atoms with Crippen LogP contribution in [0.15, 0.2) is 45.7 Å². The lowest BCUT2D eigenvalue weighted by Crippen LogP contribution is -2.33. The van der Waals surface area contributed by atoms with Gasteiger partial charge in [0.15, 0.2) is 0 Å². The second-order valence-corrected chi connectivity index (χ2v) is 6.31. The third kappa shape index (κ3) is 3.11. The van der Waals surface area contributed by atoms with E-state index in [9.17, 15) is 9.59 Å².